The quantitative estimate of drug-likeness (QED) is 0.904. The van der Waals surface area contributed by atoms with E-state index >= 15 is 0 Å². The Morgan fingerprint density at radius 2 is 1.94 bits per heavy atom. The number of hydrogen-bond donors (Lipinski definition) is 1. The first-order valence-corrected chi connectivity index (χ1v) is 5.55. The van der Waals surface area contributed by atoms with Crippen molar-refractivity contribution in [1.29, 1.82) is 0 Å². The van der Waals surface area contributed by atoms with Gasteiger partial charge in [-0.1, -0.05) is 13.0 Å². The molecule has 0 aliphatic rings. The summed E-state index contributed by atoms with van der Waals surface area (Å²) in [6.45, 7) is 1.84. The van der Waals surface area contributed by atoms with E-state index in [1.54, 1.807) is 11.5 Å². The molecule has 0 saturated heterocycles. The number of aromatic nitrogens is 3. The Kier molecular flexibility index (Phi) is 3.38. The molecule has 0 unspecified atom stereocenters. The van der Waals surface area contributed by atoms with Gasteiger partial charge in [0.2, 0.25) is 0 Å². The molecule has 1 aromatic carbocycles. The summed E-state index contributed by atoms with van der Waals surface area (Å²) in [6.07, 6.45) is 3.15. The Morgan fingerprint density at radius 3 is 2.50 bits per heavy atom. The van der Waals surface area contributed by atoms with Crippen LogP contribution in [0.25, 0.3) is 0 Å². The lowest BCUT2D eigenvalue weighted by Crippen LogP contribution is -2.31. The van der Waals surface area contributed by atoms with Crippen molar-refractivity contribution < 1.29 is 13.9 Å². The monoisotopic (exact) mass is 253 g/mol. The zero-order valence-electron chi connectivity index (χ0n) is 9.85. The maximum atomic E-state index is 13.7. The van der Waals surface area contributed by atoms with Gasteiger partial charge in [0.15, 0.2) is 0 Å². The number of hydrogen-bond acceptors (Lipinski definition) is 3. The zero-order chi connectivity index (χ0) is 13.2. The van der Waals surface area contributed by atoms with Crippen molar-refractivity contribution in [3.63, 3.8) is 0 Å². The highest BCUT2D eigenvalue weighted by molar-refractivity contribution is 5.25. The molecule has 0 saturated carbocycles. The number of aliphatic hydroxyl groups is 1. The van der Waals surface area contributed by atoms with E-state index in [9.17, 15) is 13.9 Å². The topological polar surface area (TPSA) is 50.9 Å². The molecule has 0 bridgehead atoms. The lowest BCUT2D eigenvalue weighted by molar-refractivity contribution is 0.0108. The minimum atomic E-state index is -1.42. The van der Waals surface area contributed by atoms with Gasteiger partial charge in [-0.05, 0) is 12.5 Å². The maximum absolute atomic E-state index is 13.7. The van der Waals surface area contributed by atoms with Crippen LogP contribution in [-0.4, -0.2) is 19.9 Å². The van der Waals surface area contributed by atoms with Gasteiger partial charge >= 0.3 is 0 Å². The number of halogens is 2. The molecular formula is C12H13F2N3O. The van der Waals surface area contributed by atoms with E-state index < -0.39 is 17.2 Å². The summed E-state index contributed by atoms with van der Waals surface area (Å²) in [5.41, 5.74) is -1.35. The number of benzene rings is 1. The molecule has 1 aromatic heterocycles. The van der Waals surface area contributed by atoms with E-state index in [0.717, 1.165) is 12.1 Å². The van der Waals surface area contributed by atoms with E-state index in [1.165, 1.54) is 18.7 Å². The Hall–Kier alpha value is -1.82. The summed E-state index contributed by atoms with van der Waals surface area (Å²) in [7, 11) is 0. The van der Waals surface area contributed by atoms with Crippen molar-refractivity contribution in [2.45, 2.75) is 25.5 Å². The summed E-state index contributed by atoms with van der Waals surface area (Å²) in [6, 6.07) is 3.16. The smallest absolute Gasteiger partial charge is 0.132 e. The van der Waals surface area contributed by atoms with Gasteiger partial charge < -0.3 is 9.67 Å². The van der Waals surface area contributed by atoms with Crippen molar-refractivity contribution in [1.82, 2.24) is 14.8 Å². The molecule has 2 aromatic rings. The van der Waals surface area contributed by atoms with E-state index in [0.29, 0.717) is 0 Å². The van der Waals surface area contributed by atoms with Gasteiger partial charge in [-0.2, -0.15) is 0 Å². The van der Waals surface area contributed by atoms with Gasteiger partial charge in [0.05, 0.1) is 6.54 Å². The summed E-state index contributed by atoms with van der Waals surface area (Å²) >= 11 is 0. The molecule has 1 atom stereocenters. The Balaban J connectivity index is 2.36. The van der Waals surface area contributed by atoms with Gasteiger partial charge in [-0.25, -0.2) is 8.78 Å². The van der Waals surface area contributed by atoms with Crippen molar-refractivity contribution in [2.75, 3.05) is 0 Å². The number of nitrogens with zero attached hydrogens (tertiary/aromatic N) is 3. The van der Waals surface area contributed by atoms with Crippen LogP contribution in [0.15, 0.2) is 30.9 Å². The van der Waals surface area contributed by atoms with Gasteiger partial charge in [-0.3, -0.25) is 0 Å². The Bertz CT molecular complexity index is 530. The zero-order valence-corrected chi connectivity index (χ0v) is 9.85. The third-order valence-corrected chi connectivity index (χ3v) is 2.93. The van der Waals surface area contributed by atoms with Crippen molar-refractivity contribution >= 4 is 0 Å². The average molecular weight is 253 g/mol. The molecule has 0 radical (unpaired) electrons. The van der Waals surface area contributed by atoms with Crippen molar-refractivity contribution in [2.24, 2.45) is 0 Å². The highest BCUT2D eigenvalue weighted by Gasteiger charge is 2.31. The van der Waals surface area contributed by atoms with E-state index in [4.69, 9.17) is 0 Å². The fraction of sp³-hybridized carbons (Fsp3) is 0.333. The summed E-state index contributed by atoms with van der Waals surface area (Å²) in [5.74, 6) is -1.42. The van der Waals surface area contributed by atoms with Crippen LogP contribution in [0.3, 0.4) is 0 Å². The van der Waals surface area contributed by atoms with Gasteiger partial charge in [0, 0.05) is 11.6 Å². The first kappa shape index (κ1) is 12.6. The minimum absolute atomic E-state index is 0.0695. The van der Waals surface area contributed by atoms with Crippen LogP contribution in [0.1, 0.15) is 18.9 Å². The predicted molar refractivity (Wildman–Crippen MR) is 60.6 cm³/mol. The molecule has 0 spiro atoms. The molecule has 1 heterocycles. The first-order valence-electron chi connectivity index (χ1n) is 5.55. The van der Waals surface area contributed by atoms with Crippen molar-refractivity contribution in [3.05, 3.63) is 48.1 Å². The molecule has 2 rings (SSSR count). The van der Waals surface area contributed by atoms with Crippen LogP contribution in [0.4, 0.5) is 8.78 Å². The lowest BCUT2D eigenvalue weighted by Gasteiger charge is -2.27. The third-order valence-electron chi connectivity index (χ3n) is 2.93. The highest BCUT2D eigenvalue weighted by Crippen LogP contribution is 2.29. The van der Waals surface area contributed by atoms with E-state index in [1.807, 2.05) is 0 Å². The van der Waals surface area contributed by atoms with Gasteiger partial charge in [0.1, 0.15) is 29.9 Å². The molecular weight excluding hydrogens is 240 g/mol. The summed E-state index contributed by atoms with van der Waals surface area (Å²) in [4.78, 5) is 0. The second-order valence-corrected chi connectivity index (χ2v) is 4.14. The largest absolute Gasteiger partial charge is 0.383 e. The second kappa shape index (κ2) is 4.81. The third kappa shape index (κ3) is 2.38. The SMILES string of the molecule is CC[C@](O)(Cn1cnnc1)c1ccc(F)cc1F. The molecule has 0 fully saturated rings. The minimum Gasteiger partial charge on any atom is -0.383 e. The lowest BCUT2D eigenvalue weighted by atomic mass is 9.90. The molecule has 1 N–H and O–H groups in total. The summed E-state index contributed by atoms with van der Waals surface area (Å²) < 4.78 is 28.1. The highest BCUT2D eigenvalue weighted by atomic mass is 19.1. The molecule has 4 nitrogen and oxygen atoms in total. The van der Waals surface area contributed by atoms with Gasteiger partial charge in [-0.15, -0.1) is 10.2 Å². The molecule has 18 heavy (non-hydrogen) atoms. The Labute approximate surface area is 103 Å². The fourth-order valence-corrected chi connectivity index (χ4v) is 1.86. The normalized spacial score (nSPS) is 14.4. The molecule has 96 valence electrons. The van der Waals surface area contributed by atoms with Crippen LogP contribution in [-0.2, 0) is 12.1 Å². The summed E-state index contributed by atoms with van der Waals surface area (Å²) in [5, 5.41) is 17.7. The maximum Gasteiger partial charge on any atom is 0.132 e. The molecule has 0 aliphatic carbocycles. The average Bonchev–Trinajstić information content (AvgIpc) is 2.81. The fourth-order valence-electron chi connectivity index (χ4n) is 1.86. The molecule has 6 heteroatoms. The van der Waals surface area contributed by atoms with Crippen LogP contribution in [0.2, 0.25) is 0 Å². The standard InChI is InChI=1S/C12H13F2N3O/c1-2-12(18,6-17-7-15-16-8-17)10-4-3-9(13)5-11(10)14/h3-5,7-8,18H,2,6H2,1H3/t12-/m0/s1. The van der Waals surface area contributed by atoms with Crippen LogP contribution in [0, 0.1) is 11.6 Å². The Morgan fingerprint density at radius 1 is 1.28 bits per heavy atom. The van der Waals surface area contributed by atoms with Crippen molar-refractivity contribution in [3.8, 4) is 0 Å². The number of rotatable bonds is 4. The molecule has 0 aliphatic heterocycles. The van der Waals surface area contributed by atoms with Crippen LogP contribution < -0.4 is 0 Å². The van der Waals surface area contributed by atoms with Crippen LogP contribution in [0.5, 0.6) is 0 Å². The second-order valence-electron chi connectivity index (χ2n) is 4.14. The predicted octanol–water partition coefficient (Wildman–Crippen LogP) is 1.85. The van der Waals surface area contributed by atoms with E-state index in [2.05, 4.69) is 10.2 Å². The van der Waals surface area contributed by atoms with E-state index in [-0.39, 0.29) is 18.5 Å². The van der Waals surface area contributed by atoms with Crippen LogP contribution >= 0.6 is 0 Å². The first-order chi connectivity index (χ1) is 8.55. The van der Waals surface area contributed by atoms with Gasteiger partial charge in [0.25, 0.3) is 0 Å². The molecule has 0 amide bonds.